The first-order valence-electron chi connectivity index (χ1n) is 7.69. The normalized spacial score (nSPS) is 16.2. The van der Waals surface area contributed by atoms with Gasteiger partial charge in [0.2, 0.25) is 0 Å². The minimum atomic E-state index is -0.999. The van der Waals surface area contributed by atoms with Crippen LogP contribution in [0.15, 0.2) is 59.7 Å². The molecule has 1 amide bonds. The fourth-order valence-corrected chi connectivity index (χ4v) is 2.82. The van der Waals surface area contributed by atoms with Gasteiger partial charge in [0.1, 0.15) is 6.33 Å². The molecule has 1 unspecified atom stereocenters. The minimum absolute atomic E-state index is 0.253. The number of cyclic esters (lactones) is 1. The average molecular weight is 335 g/mol. The molecule has 2 heterocycles. The van der Waals surface area contributed by atoms with Crippen molar-refractivity contribution in [3.8, 4) is 0 Å². The van der Waals surface area contributed by atoms with Crippen molar-refractivity contribution in [2.45, 2.75) is 12.5 Å². The summed E-state index contributed by atoms with van der Waals surface area (Å²) < 4.78 is 6.19. The molecule has 2 aromatic carbocycles. The zero-order valence-electron chi connectivity index (χ0n) is 13.0. The Balaban J connectivity index is 1.60. The van der Waals surface area contributed by atoms with Gasteiger partial charge < -0.3 is 4.74 Å². The molecule has 1 atom stereocenters. The molecule has 1 aliphatic rings. The molecule has 1 aromatic heterocycles. The number of aromatic nitrogens is 2. The monoisotopic (exact) mass is 335 g/mol. The SMILES string of the molecule is O=C1OC(C(=O)Nn2cnc3ccccc3c2=O)Cc2ccccc21. The van der Waals surface area contributed by atoms with E-state index in [1.54, 1.807) is 48.5 Å². The molecule has 3 aromatic rings. The first-order chi connectivity index (χ1) is 12.1. The number of benzene rings is 2. The Bertz CT molecular complexity index is 1060. The van der Waals surface area contributed by atoms with Gasteiger partial charge in [0.15, 0.2) is 6.10 Å². The van der Waals surface area contributed by atoms with Crippen LogP contribution in [0.3, 0.4) is 0 Å². The fraction of sp³-hybridized carbons (Fsp3) is 0.111. The Morgan fingerprint density at radius 2 is 1.88 bits per heavy atom. The van der Waals surface area contributed by atoms with E-state index in [9.17, 15) is 14.4 Å². The molecule has 0 radical (unpaired) electrons. The third-order valence-electron chi connectivity index (χ3n) is 4.08. The summed E-state index contributed by atoms with van der Waals surface area (Å²) in [7, 11) is 0. The number of nitrogens with one attached hydrogen (secondary N) is 1. The summed E-state index contributed by atoms with van der Waals surface area (Å²) >= 11 is 0. The van der Waals surface area contributed by atoms with Crippen LogP contribution in [0.2, 0.25) is 0 Å². The smallest absolute Gasteiger partial charge is 0.339 e. The summed E-state index contributed by atoms with van der Waals surface area (Å²) in [6.07, 6.45) is 0.491. The van der Waals surface area contributed by atoms with Crippen LogP contribution in [0.1, 0.15) is 15.9 Å². The van der Waals surface area contributed by atoms with E-state index < -0.39 is 23.5 Å². The predicted molar refractivity (Wildman–Crippen MR) is 89.7 cm³/mol. The third kappa shape index (κ3) is 2.65. The Morgan fingerprint density at radius 1 is 1.12 bits per heavy atom. The first-order valence-corrected chi connectivity index (χ1v) is 7.69. The summed E-state index contributed by atoms with van der Waals surface area (Å²) in [5.41, 5.74) is 3.78. The standard InChI is InChI=1S/C18H13N3O4/c22-16(15-9-11-5-1-2-6-12(11)18(24)25-15)20-21-10-19-14-8-4-3-7-13(14)17(21)23/h1-8,10,15H,9H2,(H,20,22). The molecule has 4 rings (SSSR count). The lowest BCUT2D eigenvalue weighted by Gasteiger charge is -2.23. The zero-order chi connectivity index (χ0) is 17.4. The molecule has 7 heteroatoms. The molecule has 0 fully saturated rings. The molecule has 1 aliphatic heterocycles. The lowest BCUT2D eigenvalue weighted by Crippen LogP contribution is -2.43. The zero-order valence-corrected chi connectivity index (χ0v) is 13.0. The number of para-hydroxylation sites is 1. The van der Waals surface area contributed by atoms with Gasteiger partial charge in [-0.25, -0.2) is 14.5 Å². The topological polar surface area (TPSA) is 90.3 Å². The molecular weight excluding hydrogens is 322 g/mol. The van der Waals surface area contributed by atoms with E-state index in [-0.39, 0.29) is 6.42 Å². The second-order valence-corrected chi connectivity index (χ2v) is 5.67. The van der Waals surface area contributed by atoms with Gasteiger partial charge in [-0.3, -0.25) is 15.0 Å². The molecule has 0 spiro atoms. The number of carbonyl (C=O) groups excluding carboxylic acids is 2. The number of amides is 1. The van der Waals surface area contributed by atoms with E-state index in [0.717, 1.165) is 10.2 Å². The minimum Gasteiger partial charge on any atom is -0.448 e. The lowest BCUT2D eigenvalue weighted by atomic mass is 9.98. The van der Waals surface area contributed by atoms with E-state index in [2.05, 4.69) is 10.4 Å². The lowest BCUT2D eigenvalue weighted by molar-refractivity contribution is -0.126. The number of rotatable bonds is 2. The van der Waals surface area contributed by atoms with Crippen molar-refractivity contribution < 1.29 is 14.3 Å². The number of esters is 1. The molecule has 0 bridgehead atoms. The van der Waals surface area contributed by atoms with Crippen molar-refractivity contribution in [1.82, 2.24) is 9.66 Å². The highest BCUT2D eigenvalue weighted by Crippen LogP contribution is 2.20. The van der Waals surface area contributed by atoms with Crippen LogP contribution in [0.5, 0.6) is 0 Å². The highest BCUT2D eigenvalue weighted by Gasteiger charge is 2.31. The van der Waals surface area contributed by atoms with Crippen LogP contribution in [-0.2, 0) is 16.0 Å². The molecule has 0 aliphatic carbocycles. The van der Waals surface area contributed by atoms with Crippen molar-refractivity contribution >= 4 is 22.8 Å². The van der Waals surface area contributed by atoms with Gasteiger partial charge in [0.25, 0.3) is 11.5 Å². The van der Waals surface area contributed by atoms with Crippen LogP contribution in [-0.4, -0.2) is 27.6 Å². The summed E-state index contributed by atoms with van der Waals surface area (Å²) in [5, 5.41) is 0.385. The Morgan fingerprint density at radius 3 is 2.76 bits per heavy atom. The second kappa shape index (κ2) is 5.86. The van der Waals surface area contributed by atoms with Crippen LogP contribution in [0.25, 0.3) is 10.9 Å². The van der Waals surface area contributed by atoms with E-state index in [1.807, 2.05) is 0 Å². The van der Waals surface area contributed by atoms with Gasteiger partial charge in [-0.15, -0.1) is 0 Å². The summed E-state index contributed by atoms with van der Waals surface area (Å²) in [5.74, 6) is -1.13. The number of nitrogens with zero attached hydrogens (tertiary/aromatic N) is 2. The van der Waals surface area contributed by atoms with Gasteiger partial charge in [0.05, 0.1) is 16.5 Å². The van der Waals surface area contributed by atoms with Crippen LogP contribution >= 0.6 is 0 Å². The predicted octanol–water partition coefficient (Wildman–Crippen LogP) is 1.25. The summed E-state index contributed by atoms with van der Waals surface area (Å²) in [4.78, 5) is 41.0. The van der Waals surface area contributed by atoms with Gasteiger partial charge in [-0.05, 0) is 23.8 Å². The van der Waals surface area contributed by atoms with E-state index >= 15 is 0 Å². The van der Waals surface area contributed by atoms with E-state index in [0.29, 0.717) is 16.5 Å². The summed E-state index contributed by atoms with van der Waals surface area (Å²) in [6, 6.07) is 13.8. The highest BCUT2D eigenvalue weighted by atomic mass is 16.5. The van der Waals surface area contributed by atoms with Gasteiger partial charge in [-0.1, -0.05) is 30.3 Å². The van der Waals surface area contributed by atoms with Crippen molar-refractivity contribution in [2.75, 3.05) is 5.43 Å². The first kappa shape index (κ1) is 15.1. The Labute approximate surface area is 141 Å². The number of hydrogen-bond donors (Lipinski definition) is 1. The van der Waals surface area contributed by atoms with E-state index in [4.69, 9.17) is 4.74 Å². The average Bonchev–Trinajstić information content (AvgIpc) is 2.64. The molecule has 1 N–H and O–H groups in total. The maximum Gasteiger partial charge on any atom is 0.339 e. The van der Waals surface area contributed by atoms with Crippen molar-refractivity contribution in [2.24, 2.45) is 0 Å². The maximum atomic E-state index is 12.4. The van der Waals surface area contributed by atoms with E-state index in [1.165, 1.54) is 6.33 Å². The van der Waals surface area contributed by atoms with Crippen molar-refractivity contribution in [3.05, 3.63) is 76.3 Å². The maximum absolute atomic E-state index is 12.4. The van der Waals surface area contributed by atoms with Crippen LogP contribution < -0.4 is 11.0 Å². The Hall–Kier alpha value is -3.48. The Kier molecular flexibility index (Phi) is 3.53. The molecule has 7 nitrogen and oxygen atoms in total. The molecular formula is C18H13N3O4. The van der Waals surface area contributed by atoms with Gasteiger partial charge in [-0.2, -0.15) is 0 Å². The third-order valence-corrected chi connectivity index (χ3v) is 4.08. The van der Waals surface area contributed by atoms with Crippen LogP contribution in [0, 0.1) is 0 Å². The largest absolute Gasteiger partial charge is 0.448 e. The molecule has 0 saturated heterocycles. The number of hydrogen-bond acceptors (Lipinski definition) is 5. The molecule has 0 saturated carbocycles. The fourth-order valence-electron chi connectivity index (χ4n) is 2.82. The van der Waals surface area contributed by atoms with Gasteiger partial charge >= 0.3 is 5.97 Å². The second-order valence-electron chi connectivity index (χ2n) is 5.67. The quantitative estimate of drug-likeness (QED) is 0.712. The van der Waals surface area contributed by atoms with Crippen molar-refractivity contribution in [3.63, 3.8) is 0 Å². The van der Waals surface area contributed by atoms with Crippen LogP contribution in [0.4, 0.5) is 0 Å². The number of ether oxygens (including phenoxy) is 1. The molecule has 124 valence electrons. The highest BCUT2D eigenvalue weighted by molar-refractivity contribution is 5.97. The molecule has 25 heavy (non-hydrogen) atoms. The number of fused-ring (bicyclic) bond motifs is 2. The van der Waals surface area contributed by atoms with Gasteiger partial charge in [0, 0.05) is 6.42 Å². The summed E-state index contributed by atoms with van der Waals surface area (Å²) in [6.45, 7) is 0. The number of carbonyl (C=O) groups is 2. The van der Waals surface area contributed by atoms with Crippen molar-refractivity contribution in [1.29, 1.82) is 0 Å².